The monoisotopic (exact) mass is 412 g/mol. The van der Waals surface area contributed by atoms with E-state index in [1.807, 2.05) is 25.1 Å². The van der Waals surface area contributed by atoms with Crippen LogP contribution in [0.2, 0.25) is 0 Å². The van der Waals surface area contributed by atoms with Crippen molar-refractivity contribution in [3.05, 3.63) is 35.9 Å². The highest BCUT2D eigenvalue weighted by atomic mass is 15.2. The second-order valence-electron chi connectivity index (χ2n) is 7.96. The highest BCUT2D eigenvalue weighted by Gasteiger charge is 2.09. The van der Waals surface area contributed by atoms with Gasteiger partial charge in [0.1, 0.15) is 5.82 Å². The maximum absolute atomic E-state index is 4.89. The average Bonchev–Trinajstić information content (AvgIpc) is 2.74. The summed E-state index contributed by atoms with van der Waals surface area (Å²) in [4.78, 5) is 14.2. The van der Waals surface area contributed by atoms with Gasteiger partial charge in [-0.3, -0.25) is 0 Å². The predicted molar refractivity (Wildman–Crippen MR) is 131 cm³/mol. The van der Waals surface area contributed by atoms with Crippen LogP contribution in [0.4, 0.5) is 5.82 Å². The average molecular weight is 413 g/mol. The quantitative estimate of drug-likeness (QED) is 0.433. The Morgan fingerprint density at radius 3 is 2.53 bits per heavy atom. The molecule has 1 heterocycles. The summed E-state index contributed by atoms with van der Waals surface area (Å²) >= 11 is 0. The van der Waals surface area contributed by atoms with Gasteiger partial charge in [0.15, 0.2) is 5.96 Å². The number of aliphatic imine (C=N–C) groups is 1. The number of nitrogens with one attached hydrogen (secondary N) is 2. The van der Waals surface area contributed by atoms with Gasteiger partial charge >= 0.3 is 0 Å². The summed E-state index contributed by atoms with van der Waals surface area (Å²) in [7, 11) is 4.05. The molecule has 2 N–H and O–H groups in total. The molecule has 1 unspecified atom stereocenters. The van der Waals surface area contributed by atoms with Crippen molar-refractivity contribution < 1.29 is 0 Å². The molecule has 0 spiro atoms. The zero-order valence-electron chi connectivity index (χ0n) is 19.7. The van der Waals surface area contributed by atoms with Crippen LogP contribution in [0, 0.1) is 0 Å². The molecular formula is C24H40N6. The van der Waals surface area contributed by atoms with E-state index in [-0.39, 0.29) is 0 Å². The molecule has 0 aliphatic heterocycles. The Hall–Kier alpha value is -2.34. The molecule has 0 saturated carbocycles. The molecule has 0 saturated heterocycles. The number of hydrogen-bond donors (Lipinski definition) is 2. The third kappa shape index (κ3) is 7.17. The molecule has 6 heteroatoms. The second-order valence-corrected chi connectivity index (χ2v) is 7.96. The maximum atomic E-state index is 4.89. The van der Waals surface area contributed by atoms with E-state index in [0.717, 1.165) is 55.3 Å². The molecular weight excluding hydrogens is 372 g/mol. The van der Waals surface area contributed by atoms with E-state index < -0.39 is 0 Å². The number of nitrogens with zero attached hydrogens (tertiary/aromatic N) is 4. The Morgan fingerprint density at radius 2 is 1.87 bits per heavy atom. The summed E-state index contributed by atoms with van der Waals surface area (Å²) < 4.78 is 0. The van der Waals surface area contributed by atoms with Gasteiger partial charge in [0.2, 0.25) is 0 Å². The first kappa shape index (κ1) is 23.9. The van der Waals surface area contributed by atoms with Crippen molar-refractivity contribution in [3.8, 4) is 0 Å². The van der Waals surface area contributed by atoms with Crippen molar-refractivity contribution >= 4 is 22.7 Å². The van der Waals surface area contributed by atoms with Gasteiger partial charge in [0, 0.05) is 32.1 Å². The summed E-state index contributed by atoms with van der Waals surface area (Å²) in [6.07, 6.45) is 2.32. The molecule has 1 atom stereocenters. The fourth-order valence-corrected chi connectivity index (χ4v) is 3.54. The number of hydrogen-bond acceptors (Lipinski definition) is 4. The fraction of sp³-hybridized carbons (Fsp3) is 0.583. The van der Waals surface area contributed by atoms with E-state index in [2.05, 4.69) is 67.5 Å². The van der Waals surface area contributed by atoms with Crippen LogP contribution in [-0.2, 0) is 6.54 Å². The van der Waals surface area contributed by atoms with E-state index in [9.17, 15) is 0 Å². The lowest BCUT2D eigenvalue weighted by Crippen LogP contribution is -2.42. The Kier molecular flexibility index (Phi) is 9.87. The van der Waals surface area contributed by atoms with Crippen LogP contribution in [0.5, 0.6) is 0 Å². The third-order valence-corrected chi connectivity index (χ3v) is 5.39. The molecule has 0 fully saturated rings. The molecule has 0 bridgehead atoms. The van der Waals surface area contributed by atoms with Crippen LogP contribution >= 0.6 is 0 Å². The third-order valence-electron chi connectivity index (χ3n) is 5.39. The Balaban J connectivity index is 2.08. The van der Waals surface area contributed by atoms with E-state index in [1.54, 1.807) is 0 Å². The zero-order valence-corrected chi connectivity index (χ0v) is 19.7. The lowest BCUT2D eigenvalue weighted by atomic mass is 10.1. The second kappa shape index (κ2) is 12.4. The van der Waals surface area contributed by atoms with Gasteiger partial charge in [0.25, 0.3) is 0 Å². The normalized spacial score (nSPS) is 13.0. The van der Waals surface area contributed by atoms with Gasteiger partial charge < -0.3 is 20.4 Å². The van der Waals surface area contributed by atoms with Gasteiger partial charge in [-0.2, -0.15) is 0 Å². The summed E-state index contributed by atoms with van der Waals surface area (Å²) in [6, 6.07) is 10.8. The lowest BCUT2D eigenvalue weighted by Gasteiger charge is -2.21. The first-order chi connectivity index (χ1) is 14.5. The molecule has 1 aromatic carbocycles. The van der Waals surface area contributed by atoms with Gasteiger partial charge in [-0.25, -0.2) is 9.98 Å². The highest BCUT2D eigenvalue weighted by molar-refractivity contribution is 5.85. The summed E-state index contributed by atoms with van der Waals surface area (Å²) in [5, 5.41) is 8.13. The smallest absolute Gasteiger partial charge is 0.191 e. The Morgan fingerprint density at radius 1 is 1.13 bits per heavy atom. The van der Waals surface area contributed by atoms with E-state index in [1.165, 1.54) is 12.0 Å². The number of benzene rings is 1. The standard InChI is InChI=1S/C24H40N6/c1-7-25-24(27-19(4)13-12-16-30(8-2)9-3)26-18-20-17-23(29(5)6)28-22-15-11-10-14-21(20)22/h10-11,14-15,17,19H,7-9,12-13,16,18H2,1-6H3,(H2,25,26,27). The van der Waals surface area contributed by atoms with Crippen LogP contribution in [0.25, 0.3) is 10.9 Å². The molecule has 0 radical (unpaired) electrons. The van der Waals surface area contributed by atoms with Crippen LogP contribution in [0.3, 0.4) is 0 Å². The van der Waals surface area contributed by atoms with Crippen LogP contribution in [0.1, 0.15) is 46.1 Å². The minimum absolute atomic E-state index is 0.380. The number of pyridine rings is 1. The summed E-state index contributed by atoms with van der Waals surface area (Å²) in [6.45, 7) is 13.7. The van der Waals surface area contributed by atoms with Crippen molar-refractivity contribution in [2.75, 3.05) is 45.2 Å². The van der Waals surface area contributed by atoms with Crippen molar-refractivity contribution in [3.63, 3.8) is 0 Å². The zero-order chi connectivity index (χ0) is 21.9. The van der Waals surface area contributed by atoms with Crippen LogP contribution < -0.4 is 15.5 Å². The molecule has 0 aliphatic carbocycles. The summed E-state index contributed by atoms with van der Waals surface area (Å²) in [5.74, 6) is 1.83. The largest absolute Gasteiger partial charge is 0.363 e. The van der Waals surface area contributed by atoms with Crippen molar-refractivity contribution in [2.24, 2.45) is 4.99 Å². The first-order valence-electron chi connectivity index (χ1n) is 11.3. The van der Waals surface area contributed by atoms with Gasteiger partial charge in [-0.1, -0.05) is 32.0 Å². The number of anilines is 1. The van der Waals surface area contributed by atoms with Gasteiger partial charge in [-0.15, -0.1) is 0 Å². The molecule has 166 valence electrons. The van der Waals surface area contributed by atoms with Crippen molar-refractivity contribution in [1.29, 1.82) is 0 Å². The molecule has 2 aromatic rings. The minimum atomic E-state index is 0.380. The van der Waals surface area contributed by atoms with Crippen LogP contribution in [0.15, 0.2) is 35.3 Å². The SMILES string of the molecule is CCNC(=NCc1cc(N(C)C)nc2ccccc12)NC(C)CCCN(CC)CC. The first-order valence-corrected chi connectivity index (χ1v) is 11.3. The minimum Gasteiger partial charge on any atom is -0.363 e. The number of guanidine groups is 1. The molecule has 0 amide bonds. The maximum Gasteiger partial charge on any atom is 0.191 e. The Labute approximate surface area is 182 Å². The van der Waals surface area contributed by atoms with Crippen molar-refractivity contribution in [2.45, 2.75) is 53.1 Å². The number of rotatable bonds is 11. The highest BCUT2D eigenvalue weighted by Crippen LogP contribution is 2.22. The van der Waals surface area contributed by atoms with Gasteiger partial charge in [0.05, 0.1) is 12.1 Å². The fourth-order valence-electron chi connectivity index (χ4n) is 3.54. The van der Waals surface area contributed by atoms with E-state index in [4.69, 9.17) is 9.98 Å². The number of fused-ring (bicyclic) bond motifs is 1. The molecule has 1 aromatic heterocycles. The predicted octanol–water partition coefficient (Wildman–Crippen LogP) is 3.87. The van der Waals surface area contributed by atoms with E-state index in [0.29, 0.717) is 12.6 Å². The topological polar surface area (TPSA) is 55.8 Å². The van der Waals surface area contributed by atoms with E-state index >= 15 is 0 Å². The summed E-state index contributed by atoms with van der Waals surface area (Å²) in [5.41, 5.74) is 2.20. The van der Waals surface area contributed by atoms with Crippen LogP contribution in [-0.4, -0.2) is 62.2 Å². The van der Waals surface area contributed by atoms with Gasteiger partial charge in [-0.05, 0) is 64.0 Å². The lowest BCUT2D eigenvalue weighted by molar-refractivity contribution is 0.292. The molecule has 6 nitrogen and oxygen atoms in total. The number of para-hydroxylation sites is 1. The van der Waals surface area contributed by atoms with Crippen molar-refractivity contribution in [1.82, 2.24) is 20.5 Å². The molecule has 2 rings (SSSR count). The number of aromatic nitrogens is 1. The molecule has 30 heavy (non-hydrogen) atoms. The molecule has 0 aliphatic rings. The Bertz CT molecular complexity index is 797.